The fourth-order valence-electron chi connectivity index (χ4n) is 2.02. The third kappa shape index (κ3) is 3.72. The molecular formula is C10H16N4O4S. The molecule has 8 nitrogen and oxygen atoms in total. The number of aromatic nitrogens is 4. The lowest BCUT2D eigenvalue weighted by Gasteiger charge is -2.12. The fraction of sp³-hybridized carbons (Fsp3) is 0.800. The van der Waals surface area contributed by atoms with Crippen molar-refractivity contribution in [3.8, 4) is 0 Å². The molecule has 106 valence electrons. The molecule has 0 bridgehead atoms. The second-order valence-corrected chi connectivity index (χ2v) is 7.04. The molecule has 1 aliphatic rings. The van der Waals surface area contributed by atoms with Gasteiger partial charge < -0.3 is 4.74 Å². The van der Waals surface area contributed by atoms with Crippen LogP contribution in [0.25, 0.3) is 0 Å². The zero-order valence-corrected chi connectivity index (χ0v) is 11.7. The summed E-state index contributed by atoms with van der Waals surface area (Å²) in [6.45, 7) is 0. The van der Waals surface area contributed by atoms with E-state index in [4.69, 9.17) is 0 Å². The number of rotatable bonds is 6. The Balaban J connectivity index is 1.99. The van der Waals surface area contributed by atoms with E-state index >= 15 is 0 Å². The van der Waals surface area contributed by atoms with Gasteiger partial charge in [-0.3, -0.25) is 4.79 Å². The first-order valence-corrected chi connectivity index (χ1v) is 7.66. The SMILES string of the molecule is COC(=O)CC1(CS(=O)(=O)Cc2nnn(C)n2)CC1. The van der Waals surface area contributed by atoms with E-state index in [9.17, 15) is 13.2 Å². The zero-order chi connectivity index (χ0) is 14.1. The molecule has 1 aliphatic carbocycles. The van der Waals surface area contributed by atoms with Gasteiger partial charge in [-0.2, -0.15) is 4.80 Å². The number of carbonyl (C=O) groups excluding carboxylic acids is 1. The Morgan fingerprint density at radius 3 is 2.63 bits per heavy atom. The average molecular weight is 288 g/mol. The monoisotopic (exact) mass is 288 g/mol. The minimum Gasteiger partial charge on any atom is -0.469 e. The predicted molar refractivity (Wildman–Crippen MR) is 64.6 cm³/mol. The molecule has 0 N–H and O–H groups in total. The van der Waals surface area contributed by atoms with Gasteiger partial charge in [0.05, 0.1) is 26.3 Å². The summed E-state index contributed by atoms with van der Waals surface area (Å²) in [5.74, 6) is -0.474. The van der Waals surface area contributed by atoms with E-state index in [0.29, 0.717) is 0 Å². The van der Waals surface area contributed by atoms with E-state index in [-0.39, 0.29) is 29.7 Å². The second-order valence-electron chi connectivity index (χ2n) is 4.98. The number of methoxy groups -OCH3 is 1. The summed E-state index contributed by atoms with van der Waals surface area (Å²) in [4.78, 5) is 12.5. The summed E-state index contributed by atoms with van der Waals surface area (Å²) in [5, 5.41) is 11.1. The number of nitrogens with zero attached hydrogens (tertiary/aromatic N) is 4. The normalized spacial score (nSPS) is 17.2. The Morgan fingerprint density at radius 2 is 2.16 bits per heavy atom. The molecule has 1 aromatic rings. The smallest absolute Gasteiger partial charge is 0.306 e. The van der Waals surface area contributed by atoms with Crippen molar-refractivity contribution in [2.75, 3.05) is 12.9 Å². The minimum atomic E-state index is -3.36. The summed E-state index contributed by atoms with van der Waals surface area (Å²) in [6, 6.07) is 0. The Bertz CT molecular complexity index is 576. The lowest BCUT2D eigenvalue weighted by atomic mass is 10.1. The molecule has 1 fully saturated rings. The van der Waals surface area contributed by atoms with Crippen LogP contribution in [0.1, 0.15) is 25.1 Å². The number of hydrogen-bond acceptors (Lipinski definition) is 7. The highest BCUT2D eigenvalue weighted by atomic mass is 32.2. The summed E-state index contributed by atoms with van der Waals surface area (Å²) in [7, 11) is -0.482. The maximum atomic E-state index is 12.1. The minimum absolute atomic E-state index is 0.0344. The standard InChI is InChI=1S/C10H16N4O4S/c1-14-12-8(11-13-14)6-19(16,17)7-10(3-4-10)5-9(15)18-2/h3-7H2,1-2H3. The van der Waals surface area contributed by atoms with Crippen molar-refractivity contribution in [2.45, 2.75) is 25.0 Å². The van der Waals surface area contributed by atoms with E-state index in [2.05, 4.69) is 20.1 Å². The Kier molecular flexibility index (Phi) is 3.57. The van der Waals surface area contributed by atoms with Crippen LogP contribution in [-0.4, -0.2) is 47.5 Å². The largest absolute Gasteiger partial charge is 0.469 e. The third-order valence-corrected chi connectivity index (χ3v) is 4.88. The summed E-state index contributed by atoms with van der Waals surface area (Å²) >= 11 is 0. The number of esters is 1. The number of aryl methyl sites for hydroxylation is 1. The Labute approximate surface area is 111 Å². The maximum Gasteiger partial charge on any atom is 0.306 e. The van der Waals surface area contributed by atoms with Gasteiger partial charge in [-0.05, 0) is 23.5 Å². The third-order valence-electron chi connectivity index (χ3n) is 3.13. The van der Waals surface area contributed by atoms with Crippen molar-refractivity contribution in [2.24, 2.45) is 12.5 Å². The van der Waals surface area contributed by atoms with Crippen molar-refractivity contribution >= 4 is 15.8 Å². The molecule has 1 saturated carbocycles. The molecule has 0 aliphatic heterocycles. The maximum absolute atomic E-state index is 12.1. The first kappa shape index (κ1) is 13.9. The van der Waals surface area contributed by atoms with Crippen LogP contribution in [0.5, 0.6) is 0 Å². The van der Waals surface area contributed by atoms with Gasteiger partial charge in [0.1, 0.15) is 5.75 Å². The van der Waals surface area contributed by atoms with Gasteiger partial charge in [0.15, 0.2) is 15.7 Å². The van der Waals surface area contributed by atoms with Crippen LogP contribution in [0.15, 0.2) is 0 Å². The fourth-order valence-corrected chi connectivity index (χ4v) is 3.96. The van der Waals surface area contributed by atoms with Gasteiger partial charge in [0.2, 0.25) is 0 Å². The van der Waals surface area contributed by atoms with Gasteiger partial charge in [-0.25, -0.2) is 8.42 Å². The quantitative estimate of drug-likeness (QED) is 0.648. The highest BCUT2D eigenvalue weighted by Gasteiger charge is 2.48. The second kappa shape index (κ2) is 4.87. The molecule has 0 unspecified atom stereocenters. The van der Waals surface area contributed by atoms with Crippen LogP contribution < -0.4 is 0 Å². The topological polar surface area (TPSA) is 104 Å². The van der Waals surface area contributed by atoms with Gasteiger partial charge in [0, 0.05) is 0 Å². The Morgan fingerprint density at radius 1 is 1.47 bits per heavy atom. The van der Waals surface area contributed by atoms with Crippen LogP contribution in [0.2, 0.25) is 0 Å². The molecule has 0 aromatic carbocycles. The lowest BCUT2D eigenvalue weighted by Crippen LogP contribution is -2.22. The van der Waals surface area contributed by atoms with Crippen LogP contribution >= 0.6 is 0 Å². The molecule has 1 heterocycles. The van der Waals surface area contributed by atoms with Crippen molar-refractivity contribution < 1.29 is 17.9 Å². The van der Waals surface area contributed by atoms with E-state index < -0.39 is 15.3 Å². The van der Waals surface area contributed by atoms with Crippen molar-refractivity contribution in [3.05, 3.63) is 5.82 Å². The lowest BCUT2D eigenvalue weighted by molar-refractivity contribution is -0.141. The van der Waals surface area contributed by atoms with Crippen LogP contribution in [0.4, 0.5) is 0 Å². The summed E-state index contributed by atoms with van der Waals surface area (Å²) < 4.78 is 28.7. The number of ether oxygens (including phenoxy) is 1. The van der Waals surface area contributed by atoms with E-state index in [1.807, 2.05) is 0 Å². The average Bonchev–Trinajstić information content (AvgIpc) is 2.91. The molecule has 1 aromatic heterocycles. The molecule has 0 spiro atoms. The van der Waals surface area contributed by atoms with Gasteiger partial charge in [-0.15, -0.1) is 10.2 Å². The molecular weight excluding hydrogens is 272 g/mol. The van der Waals surface area contributed by atoms with Gasteiger partial charge >= 0.3 is 5.97 Å². The summed E-state index contributed by atoms with van der Waals surface area (Å²) in [5.41, 5.74) is -0.450. The molecule has 19 heavy (non-hydrogen) atoms. The highest BCUT2D eigenvalue weighted by Crippen LogP contribution is 2.50. The van der Waals surface area contributed by atoms with E-state index in [1.165, 1.54) is 11.9 Å². The van der Waals surface area contributed by atoms with Crippen molar-refractivity contribution in [1.82, 2.24) is 20.2 Å². The predicted octanol–water partition coefficient (Wildman–Crippen LogP) is -0.532. The molecule has 2 rings (SSSR count). The molecule has 0 amide bonds. The number of tetrazole rings is 1. The van der Waals surface area contributed by atoms with E-state index in [0.717, 1.165) is 12.8 Å². The number of carbonyl (C=O) groups is 1. The first-order chi connectivity index (χ1) is 8.84. The molecule has 0 radical (unpaired) electrons. The Hall–Kier alpha value is -1.51. The van der Waals surface area contributed by atoms with Gasteiger partial charge in [-0.1, -0.05) is 0 Å². The van der Waals surface area contributed by atoms with E-state index in [1.54, 1.807) is 7.05 Å². The van der Waals surface area contributed by atoms with Crippen molar-refractivity contribution in [3.63, 3.8) is 0 Å². The molecule has 9 heteroatoms. The highest BCUT2D eigenvalue weighted by molar-refractivity contribution is 7.90. The van der Waals surface area contributed by atoms with Gasteiger partial charge in [0.25, 0.3) is 0 Å². The first-order valence-electron chi connectivity index (χ1n) is 5.84. The van der Waals surface area contributed by atoms with Crippen LogP contribution in [-0.2, 0) is 32.2 Å². The molecule has 0 atom stereocenters. The summed E-state index contributed by atoms with van der Waals surface area (Å²) in [6.07, 6.45) is 1.61. The number of hydrogen-bond donors (Lipinski definition) is 0. The van der Waals surface area contributed by atoms with Crippen molar-refractivity contribution in [1.29, 1.82) is 0 Å². The molecule has 0 saturated heterocycles. The number of sulfone groups is 1. The van der Waals surface area contributed by atoms with Crippen LogP contribution in [0.3, 0.4) is 0 Å². The zero-order valence-electron chi connectivity index (χ0n) is 10.9. The van der Waals surface area contributed by atoms with Crippen LogP contribution in [0, 0.1) is 5.41 Å².